The van der Waals surface area contributed by atoms with Gasteiger partial charge in [0.2, 0.25) is 11.8 Å². The largest absolute Gasteiger partial charge is 0.387 e. The van der Waals surface area contributed by atoms with Crippen molar-refractivity contribution in [3.8, 4) is 0 Å². The first-order valence-corrected chi connectivity index (χ1v) is 7.28. The van der Waals surface area contributed by atoms with Gasteiger partial charge in [-0.1, -0.05) is 23.2 Å². The van der Waals surface area contributed by atoms with Gasteiger partial charge in [0, 0.05) is 36.6 Å². The van der Waals surface area contributed by atoms with Crippen LogP contribution in [-0.4, -0.2) is 42.0 Å². The van der Waals surface area contributed by atoms with E-state index in [1.165, 1.54) is 4.90 Å². The molecule has 1 saturated heterocycles. The van der Waals surface area contributed by atoms with Gasteiger partial charge in [-0.05, 0) is 23.8 Å². The second kappa shape index (κ2) is 6.64. The molecule has 2 atom stereocenters. The Hall–Kier alpha value is -1.30. The monoisotopic (exact) mass is 330 g/mol. The van der Waals surface area contributed by atoms with Crippen LogP contribution in [-0.2, 0) is 9.59 Å². The van der Waals surface area contributed by atoms with E-state index in [1.54, 1.807) is 25.2 Å². The molecule has 21 heavy (non-hydrogen) atoms. The molecule has 1 aliphatic heterocycles. The lowest BCUT2D eigenvalue weighted by Crippen LogP contribution is -2.35. The van der Waals surface area contributed by atoms with E-state index in [4.69, 9.17) is 23.2 Å². The summed E-state index contributed by atoms with van der Waals surface area (Å²) >= 11 is 11.7. The number of hydrogen-bond donors (Lipinski definition) is 2. The Bertz CT molecular complexity index is 545. The number of carbonyl (C=O) groups excluding carboxylic acids is 2. The Morgan fingerprint density at radius 2 is 2.05 bits per heavy atom. The Labute approximate surface area is 132 Å². The van der Waals surface area contributed by atoms with Gasteiger partial charge in [-0.3, -0.25) is 9.59 Å². The number of aliphatic hydroxyl groups is 1. The van der Waals surface area contributed by atoms with Crippen molar-refractivity contribution in [1.82, 2.24) is 10.2 Å². The molecule has 114 valence electrons. The normalized spacial score (nSPS) is 19.7. The van der Waals surface area contributed by atoms with Crippen molar-refractivity contribution in [1.29, 1.82) is 0 Å². The summed E-state index contributed by atoms with van der Waals surface area (Å²) in [5.74, 6) is -0.644. The molecule has 0 aromatic heterocycles. The molecule has 1 aromatic rings. The average Bonchev–Trinajstić information content (AvgIpc) is 2.74. The zero-order chi connectivity index (χ0) is 15.6. The van der Waals surface area contributed by atoms with Crippen molar-refractivity contribution in [2.24, 2.45) is 5.92 Å². The van der Waals surface area contributed by atoms with E-state index in [0.29, 0.717) is 22.2 Å². The molecule has 1 aromatic carbocycles. The maximum absolute atomic E-state index is 12.0. The van der Waals surface area contributed by atoms with E-state index in [9.17, 15) is 14.7 Å². The number of carbonyl (C=O) groups is 2. The van der Waals surface area contributed by atoms with Crippen LogP contribution in [0.4, 0.5) is 0 Å². The van der Waals surface area contributed by atoms with Crippen molar-refractivity contribution in [3.05, 3.63) is 33.8 Å². The minimum absolute atomic E-state index is 0.0441. The summed E-state index contributed by atoms with van der Waals surface area (Å²) < 4.78 is 0. The fourth-order valence-electron chi connectivity index (χ4n) is 2.27. The van der Waals surface area contributed by atoms with Gasteiger partial charge in [-0.15, -0.1) is 0 Å². The molecule has 0 radical (unpaired) electrons. The van der Waals surface area contributed by atoms with E-state index in [1.807, 2.05) is 0 Å². The van der Waals surface area contributed by atoms with Gasteiger partial charge in [0.05, 0.1) is 12.0 Å². The van der Waals surface area contributed by atoms with E-state index < -0.39 is 6.10 Å². The molecule has 2 unspecified atom stereocenters. The van der Waals surface area contributed by atoms with E-state index >= 15 is 0 Å². The van der Waals surface area contributed by atoms with Crippen LogP contribution in [0, 0.1) is 5.92 Å². The van der Waals surface area contributed by atoms with Crippen LogP contribution in [0.2, 0.25) is 10.0 Å². The molecule has 7 heteroatoms. The summed E-state index contributed by atoms with van der Waals surface area (Å²) in [7, 11) is 1.67. The molecule has 2 rings (SSSR count). The summed E-state index contributed by atoms with van der Waals surface area (Å²) in [5, 5.41) is 13.5. The maximum atomic E-state index is 12.0. The van der Waals surface area contributed by atoms with Gasteiger partial charge < -0.3 is 15.3 Å². The van der Waals surface area contributed by atoms with Gasteiger partial charge in [0.25, 0.3) is 0 Å². The van der Waals surface area contributed by atoms with Crippen LogP contribution in [0.1, 0.15) is 18.1 Å². The molecular formula is C14H16Cl2N2O3. The molecule has 1 aliphatic rings. The zero-order valence-electron chi connectivity index (χ0n) is 11.5. The molecule has 2 amide bonds. The molecule has 1 fully saturated rings. The lowest BCUT2D eigenvalue weighted by atomic mass is 10.1. The second-order valence-electron chi connectivity index (χ2n) is 5.14. The number of nitrogens with zero attached hydrogens (tertiary/aromatic N) is 1. The predicted octanol–water partition coefficient (Wildman–Crippen LogP) is 1.62. The SMILES string of the molecule is CN1CC(C(=O)NCC(O)c2cc(Cl)cc(Cl)c2)CC1=O. The number of amides is 2. The maximum Gasteiger partial charge on any atom is 0.225 e. The number of likely N-dealkylation sites (tertiary alicyclic amines) is 1. The first-order valence-electron chi connectivity index (χ1n) is 6.52. The highest BCUT2D eigenvalue weighted by molar-refractivity contribution is 6.34. The first kappa shape index (κ1) is 16.1. The van der Waals surface area contributed by atoms with Crippen LogP contribution >= 0.6 is 23.2 Å². The smallest absolute Gasteiger partial charge is 0.225 e. The number of benzene rings is 1. The van der Waals surface area contributed by atoms with Crippen molar-refractivity contribution < 1.29 is 14.7 Å². The number of halogens is 2. The van der Waals surface area contributed by atoms with Gasteiger partial charge >= 0.3 is 0 Å². The van der Waals surface area contributed by atoms with Crippen molar-refractivity contribution >= 4 is 35.0 Å². The molecule has 5 nitrogen and oxygen atoms in total. The van der Waals surface area contributed by atoms with E-state index in [2.05, 4.69) is 5.32 Å². The summed E-state index contributed by atoms with van der Waals surface area (Å²) in [6.45, 7) is 0.452. The number of aliphatic hydroxyl groups excluding tert-OH is 1. The Morgan fingerprint density at radius 1 is 1.43 bits per heavy atom. The highest BCUT2D eigenvalue weighted by Gasteiger charge is 2.32. The third-order valence-electron chi connectivity index (χ3n) is 3.45. The van der Waals surface area contributed by atoms with Crippen molar-refractivity contribution in [2.45, 2.75) is 12.5 Å². The molecular weight excluding hydrogens is 315 g/mol. The fourth-order valence-corrected chi connectivity index (χ4v) is 2.81. The molecule has 1 heterocycles. The Morgan fingerprint density at radius 3 is 2.57 bits per heavy atom. The lowest BCUT2D eigenvalue weighted by molar-refractivity contribution is -0.128. The van der Waals surface area contributed by atoms with Gasteiger partial charge in [0.1, 0.15) is 0 Å². The number of hydrogen-bond acceptors (Lipinski definition) is 3. The third kappa shape index (κ3) is 4.09. The molecule has 0 aliphatic carbocycles. The minimum atomic E-state index is -0.903. The molecule has 0 saturated carbocycles. The van der Waals surface area contributed by atoms with Crippen molar-refractivity contribution in [2.75, 3.05) is 20.1 Å². The van der Waals surface area contributed by atoms with Gasteiger partial charge in [-0.25, -0.2) is 0 Å². The van der Waals surface area contributed by atoms with E-state index in [0.717, 1.165) is 0 Å². The van der Waals surface area contributed by atoms with Crippen LogP contribution in [0.25, 0.3) is 0 Å². The summed E-state index contributed by atoms with van der Waals surface area (Å²) in [5.41, 5.74) is 0.535. The van der Waals surface area contributed by atoms with Crippen LogP contribution in [0.15, 0.2) is 18.2 Å². The Balaban J connectivity index is 1.90. The lowest BCUT2D eigenvalue weighted by Gasteiger charge is -2.15. The number of rotatable bonds is 4. The summed E-state index contributed by atoms with van der Waals surface area (Å²) in [6.07, 6.45) is -0.693. The minimum Gasteiger partial charge on any atom is -0.387 e. The fraction of sp³-hybridized carbons (Fsp3) is 0.429. The number of nitrogens with one attached hydrogen (secondary N) is 1. The first-order chi connectivity index (χ1) is 9.86. The molecule has 0 spiro atoms. The average molecular weight is 331 g/mol. The zero-order valence-corrected chi connectivity index (χ0v) is 13.0. The summed E-state index contributed by atoms with van der Waals surface area (Å²) in [4.78, 5) is 24.9. The van der Waals surface area contributed by atoms with Crippen LogP contribution < -0.4 is 5.32 Å². The quantitative estimate of drug-likeness (QED) is 0.881. The topological polar surface area (TPSA) is 69.6 Å². The van der Waals surface area contributed by atoms with Crippen LogP contribution in [0.3, 0.4) is 0 Å². The highest BCUT2D eigenvalue weighted by atomic mass is 35.5. The highest BCUT2D eigenvalue weighted by Crippen LogP contribution is 2.23. The molecule has 0 bridgehead atoms. The predicted molar refractivity (Wildman–Crippen MR) is 80.2 cm³/mol. The third-order valence-corrected chi connectivity index (χ3v) is 3.89. The molecule has 2 N–H and O–H groups in total. The van der Waals surface area contributed by atoms with Gasteiger partial charge in [0.15, 0.2) is 0 Å². The van der Waals surface area contributed by atoms with Crippen LogP contribution in [0.5, 0.6) is 0 Å². The Kier molecular flexibility index (Phi) is 5.08. The van der Waals surface area contributed by atoms with Gasteiger partial charge in [-0.2, -0.15) is 0 Å². The second-order valence-corrected chi connectivity index (χ2v) is 6.01. The van der Waals surface area contributed by atoms with Crippen molar-refractivity contribution in [3.63, 3.8) is 0 Å². The van der Waals surface area contributed by atoms with E-state index in [-0.39, 0.29) is 30.7 Å². The summed E-state index contributed by atoms with van der Waals surface area (Å²) in [6, 6.07) is 4.76. The standard InChI is InChI=1S/C14H16Cl2N2O3/c1-18-7-9(4-13(18)20)14(21)17-6-12(19)8-2-10(15)5-11(16)3-8/h2-3,5,9,12,19H,4,6-7H2,1H3,(H,17,21).